The third-order valence-electron chi connectivity index (χ3n) is 5.87. The van der Waals surface area contributed by atoms with E-state index in [4.69, 9.17) is 0 Å². The van der Waals surface area contributed by atoms with Crippen molar-refractivity contribution in [1.29, 1.82) is 0 Å². The molecule has 1 N–H and O–H groups in total. The van der Waals surface area contributed by atoms with Gasteiger partial charge in [0.25, 0.3) is 0 Å². The van der Waals surface area contributed by atoms with E-state index in [1.165, 1.54) is 50.8 Å². The van der Waals surface area contributed by atoms with Gasteiger partial charge >= 0.3 is 0 Å². The third-order valence-corrected chi connectivity index (χ3v) is 5.87. The van der Waals surface area contributed by atoms with E-state index in [2.05, 4.69) is 56.4 Å². The molecule has 0 bridgehead atoms. The van der Waals surface area contributed by atoms with Crippen molar-refractivity contribution in [1.82, 2.24) is 5.32 Å². The molecule has 0 aromatic heterocycles. The lowest BCUT2D eigenvalue weighted by molar-refractivity contribution is -0.0221. The molecular formula is C20H31N. The van der Waals surface area contributed by atoms with Gasteiger partial charge in [0.05, 0.1) is 0 Å². The summed E-state index contributed by atoms with van der Waals surface area (Å²) < 4.78 is 0. The zero-order valence-corrected chi connectivity index (χ0v) is 14.0. The lowest BCUT2D eigenvalue weighted by Crippen LogP contribution is -2.51. The first kappa shape index (κ1) is 15.1. The number of hydrogen-bond acceptors (Lipinski definition) is 1. The minimum absolute atomic E-state index is 0.518. The quantitative estimate of drug-likeness (QED) is 0.832. The maximum atomic E-state index is 3.67. The largest absolute Gasteiger partial charge is 0.316 e. The maximum Gasteiger partial charge on any atom is -0.00120 e. The van der Waals surface area contributed by atoms with Crippen molar-refractivity contribution in [3.8, 4) is 0 Å². The van der Waals surface area contributed by atoms with Crippen LogP contribution in [0.1, 0.15) is 52.0 Å². The predicted octanol–water partition coefficient (Wildman–Crippen LogP) is 4.67. The van der Waals surface area contributed by atoms with Gasteiger partial charge in [-0.05, 0) is 73.4 Å². The van der Waals surface area contributed by atoms with E-state index in [0.29, 0.717) is 10.8 Å². The number of benzene rings is 1. The average Bonchev–Trinajstić information content (AvgIpc) is 2.40. The molecule has 1 spiro atoms. The number of hydrogen-bond donors (Lipinski definition) is 1. The van der Waals surface area contributed by atoms with Crippen LogP contribution < -0.4 is 5.32 Å². The first-order valence-electron chi connectivity index (χ1n) is 8.74. The molecule has 0 radical (unpaired) electrons. The average molecular weight is 285 g/mol. The Balaban J connectivity index is 1.83. The lowest BCUT2D eigenvalue weighted by Gasteiger charge is -2.54. The van der Waals surface area contributed by atoms with Gasteiger partial charge in [0.2, 0.25) is 0 Å². The molecule has 1 aromatic rings. The van der Waals surface area contributed by atoms with E-state index in [0.717, 1.165) is 11.8 Å². The molecule has 1 aromatic carbocycles. The van der Waals surface area contributed by atoms with Gasteiger partial charge in [-0.25, -0.2) is 0 Å². The summed E-state index contributed by atoms with van der Waals surface area (Å²) in [6, 6.07) is 11.1. The molecule has 1 saturated heterocycles. The summed E-state index contributed by atoms with van der Waals surface area (Å²) in [6.07, 6.45) is 6.88. The topological polar surface area (TPSA) is 12.0 Å². The highest BCUT2D eigenvalue weighted by Gasteiger charge is 2.48. The second kappa shape index (κ2) is 5.76. The summed E-state index contributed by atoms with van der Waals surface area (Å²) in [5.74, 6) is 1.68. The van der Waals surface area contributed by atoms with Gasteiger partial charge in [-0.1, -0.05) is 51.1 Å². The molecule has 1 aliphatic heterocycles. The molecule has 2 fully saturated rings. The molecule has 1 saturated carbocycles. The van der Waals surface area contributed by atoms with Crippen LogP contribution in [0.3, 0.4) is 0 Å². The molecule has 3 unspecified atom stereocenters. The minimum atomic E-state index is 0.518. The number of rotatable bonds is 2. The third kappa shape index (κ3) is 3.34. The monoisotopic (exact) mass is 285 g/mol. The van der Waals surface area contributed by atoms with Crippen LogP contribution >= 0.6 is 0 Å². The van der Waals surface area contributed by atoms with E-state index in [9.17, 15) is 0 Å². The molecule has 21 heavy (non-hydrogen) atoms. The first-order valence-corrected chi connectivity index (χ1v) is 8.74. The van der Waals surface area contributed by atoms with E-state index < -0.39 is 0 Å². The summed E-state index contributed by atoms with van der Waals surface area (Å²) in [5, 5.41) is 3.67. The van der Waals surface area contributed by atoms with Crippen molar-refractivity contribution in [3.05, 3.63) is 35.9 Å². The predicted molar refractivity (Wildman–Crippen MR) is 90.4 cm³/mol. The van der Waals surface area contributed by atoms with Crippen LogP contribution in [0.2, 0.25) is 0 Å². The van der Waals surface area contributed by atoms with Crippen LogP contribution in [-0.2, 0) is 6.42 Å². The maximum absolute atomic E-state index is 3.67. The molecule has 1 nitrogen and oxygen atoms in total. The fourth-order valence-electron chi connectivity index (χ4n) is 5.53. The molecule has 1 heterocycles. The summed E-state index contributed by atoms with van der Waals surface area (Å²) in [5.41, 5.74) is 2.60. The lowest BCUT2D eigenvalue weighted by atomic mass is 9.53. The minimum Gasteiger partial charge on any atom is -0.316 e. The molecule has 3 rings (SSSR count). The highest BCUT2D eigenvalue weighted by atomic mass is 14.9. The summed E-state index contributed by atoms with van der Waals surface area (Å²) in [6.45, 7) is 9.88. The van der Waals surface area contributed by atoms with Gasteiger partial charge in [-0.15, -0.1) is 0 Å². The van der Waals surface area contributed by atoms with Crippen LogP contribution in [0.25, 0.3) is 0 Å². The Hall–Kier alpha value is -0.820. The van der Waals surface area contributed by atoms with Gasteiger partial charge in [0.15, 0.2) is 0 Å². The number of nitrogens with one attached hydrogen (secondary N) is 1. The second-order valence-electron chi connectivity index (χ2n) is 8.56. The molecule has 1 aliphatic carbocycles. The van der Waals surface area contributed by atoms with Crippen molar-refractivity contribution in [2.24, 2.45) is 22.7 Å². The van der Waals surface area contributed by atoms with Crippen molar-refractivity contribution < 1.29 is 0 Å². The molecule has 1 heteroatoms. The van der Waals surface area contributed by atoms with Crippen molar-refractivity contribution in [3.63, 3.8) is 0 Å². The van der Waals surface area contributed by atoms with Gasteiger partial charge in [-0.3, -0.25) is 0 Å². The molecular weight excluding hydrogens is 254 g/mol. The summed E-state index contributed by atoms with van der Waals surface area (Å²) in [7, 11) is 0. The zero-order valence-electron chi connectivity index (χ0n) is 14.0. The van der Waals surface area contributed by atoms with Crippen LogP contribution in [0, 0.1) is 22.7 Å². The molecule has 0 amide bonds. The van der Waals surface area contributed by atoms with Crippen LogP contribution in [0.4, 0.5) is 0 Å². The highest BCUT2D eigenvalue weighted by Crippen LogP contribution is 2.55. The Labute approximate surface area is 130 Å². The van der Waals surface area contributed by atoms with Crippen molar-refractivity contribution >= 4 is 0 Å². The smallest absolute Gasteiger partial charge is 0.00120 e. The van der Waals surface area contributed by atoms with Crippen LogP contribution in [0.15, 0.2) is 30.3 Å². The Bertz CT molecular complexity index is 464. The Morgan fingerprint density at radius 1 is 1.14 bits per heavy atom. The van der Waals surface area contributed by atoms with E-state index in [1.807, 2.05) is 0 Å². The summed E-state index contributed by atoms with van der Waals surface area (Å²) in [4.78, 5) is 0. The van der Waals surface area contributed by atoms with Gasteiger partial charge < -0.3 is 5.32 Å². The fraction of sp³-hybridized carbons (Fsp3) is 0.700. The van der Waals surface area contributed by atoms with Crippen LogP contribution in [-0.4, -0.2) is 13.1 Å². The Kier molecular flexibility index (Phi) is 4.14. The summed E-state index contributed by atoms with van der Waals surface area (Å²) >= 11 is 0. The second-order valence-corrected chi connectivity index (χ2v) is 8.56. The Morgan fingerprint density at radius 3 is 2.62 bits per heavy atom. The van der Waals surface area contributed by atoms with E-state index >= 15 is 0 Å². The van der Waals surface area contributed by atoms with E-state index in [1.54, 1.807) is 0 Å². The molecule has 116 valence electrons. The SMILES string of the molecule is CC1CC(C)(C)CC2(CCNCC2Cc2ccccc2)C1. The normalized spacial score (nSPS) is 35.8. The first-order chi connectivity index (χ1) is 9.99. The van der Waals surface area contributed by atoms with Gasteiger partial charge in [0.1, 0.15) is 0 Å². The zero-order chi connectivity index (χ0) is 14.9. The standard InChI is InChI=1S/C20H31N/c1-16-12-19(2,3)15-20(13-16)9-10-21-14-18(20)11-17-7-5-4-6-8-17/h4-8,16,18,21H,9-15H2,1-3H3. The van der Waals surface area contributed by atoms with Gasteiger partial charge in [0, 0.05) is 0 Å². The highest BCUT2D eigenvalue weighted by molar-refractivity contribution is 5.17. The number of piperidine rings is 1. The van der Waals surface area contributed by atoms with Crippen molar-refractivity contribution in [2.75, 3.05) is 13.1 Å². The Morgan fingerprint density at radius 2 is 1.90 bits per heavy atom. The molecule has 3 atom stereocenters. The fourth-order valence-corrected chi connectivity index (χ4v) is 5.53. The van der Waals surface area contributed by atoms with Crippen molar-refractivity contribution in [2.45, 2.75) is 52.9 Å². The van der Waals surface area contributed by atoms with Crippen LogP contribution in [0.5, 0.6) is 0 Å². The van der Waals surface area contributed by atoms with Gasteiger partial charge in [-0.2, -0.15) is 0 Å². The molecule has 2 aliphatic rings. The van der Waals surface area contributed by atoms with E-state index in [-0.39, 0.29) is 0 Å².